The van der Waals surface area contributed by atoms with Crippen molar-refractivity contribution in [3.8, 4) is 0 Å². The van der Waals surface area contributed by atoms with Crippen LogP contribution in [-0.2, 0) is 10.1 Å². The summed E-state index contributed by atoms with van der Waals surface area (Å²) < 4.78 is 31.0. The Labute approximate surface area is 110 Å². The first kappa shape index (κ1) is 13.0. The van der Waals surface area contributed by atoms with Crippen LogP contribution in [-0.4, -0.2) is 26.1 Å². The van der Waals surface area contributed by atoms with Crippen LogP contribution in [0.15, 0.2) is 17.0 Å². The summed E-state index contributed by atoms with van der Waals surface area (Å²) in [5, 5.41) is 0.266. The van der Waals surface area contributed by atoms with E-state index in [-0.39, 0.29) is 14.9 Å². The number of anilines is 1. The van der Waals surface area contributed by atoms with Crippen molar-refractivity contribution in [1.29, 1.82) is 0 Å². The molecule has 1 saturated heterocycles. The maximum Gasteiger partial charge on any atom is 0.296 e. The summed E-state index contributed by atoms with van der Waals surface area (Å²) in [6.45, 7) is 1.75. The summed E-state index contributed by atoms with van der Waals surface area (Å²) >= 11 is 11.9. The van der Waals surface area contributed by atoms with Crippen molar-refractivity contribution in [1.82, 2.24) is 0 Å². The van der Waals surface area contributed by atoms with E-state index in [2.05, 4.69) is 0 Å². The normalized spacial score (nSPS) is 16.5. The Morgan fingerprint density at radius 1 is 1.12 bits per heavy atom. The zero-order valence-corrected chi connectivity index (χ0v) is 11.2. The molecule has 1 aromatic carbocycles. The molecule has 0 aromatic heterocycles. The lowest BCUT2D eigenvalue weighted by Crippen LogP contribution is -2.18. The van der Waals surface area contributed by atoms with Crippen LogP contribution in [0.5, 0.6) is 0 Å². The molecule has 0 saturated carbocycles. The van der Waals surface area contributed by atoms with E-state index in [0.29, 0.717) is 5.69 Å². The molecule has 0 radical (unpaired) electrons. The van der Waals surface area contributed by atoms with Crippen LogP contribution < -0.4 is 4.90 Å². The van der Waals surface area contributed by atoms with Gasteiger partial charge in [-0.05, 0) is 25.0 Å². The highest BCUT2D eigenvalue weighted by atomic mass is 35.5. The number of hydrogen-bond acceptors (Lipinski definition) is 3. The maximum atomic E-state index is 11.0. The van der Waals surface area contributed by atoms with Gasteiger partial charge in [0.25, 0.3) is 10.1 Å². The van der Waals surface area contributed by atoms with Crippen molar-refractivity contribution in [2.24, 2.45) is 0 Å². The predicted molar refractivity (Wildman–Crippen MR) is 67.7 cm³/mol. The lowest BCUT2D eigenvalue weighted by atomic mass is 10.3. The molecule has 1 heterocycles. The number of halogens is 2. The molecule has 0 spiro atoms. The van der Waals surface area contributed by atoms with Crippen LogP contribution in [0.25, 0.3) is 0 Å². The Hall–Kier alpha value is -0.490. The van der Waals surface area contributed by atoms with Crippen LogP contribution in [0.3, 0.4) is 0 Å². The van der Waals surface area contributed by atoms with E-state index in [1.807, 2.05) is 4.90 Å². The van der Waals surface area contributed by atoms with Gasteiger partial charge >= 0.3 is 0 Å². The summed E-state index contributed by atoms with van der Waals surface area (Å²) in [5.74, 6) is 0. The van der Waals surface area contributed by atoms with Crippen LogP contribution in [0.4, 0.5) is 5.69 Å². The topological polar surface area (TPSA) is 57.6 Å². The zero-order valence-electron chi connectivity index (χ0n) is 8.86. The van der Waals surface area contributed by atoms with Crippen molar-refractivity contribution in [2.75, 3.05) is 18.0 Å². The minimum atomic E-state index is -4.33. The molecular weight excluding hydrogens is 285 g/mol. The van der Waals surface area contributed by atoms with Crippen molar-refractivity contribution in [3.05, 3.63) is 22.2 Å². The third-order valence-electron chi connectivity index (χ3n) is 2.73. The predicted octanol–water partition coefficient (Wildman–Crippen LogP) is 2.84. The Morgan fingerprint density at radius 3 is 2.24 bits per heavy atom. The van der Waals surface area contributed by atoms with E-state index in [1.54, 1.807) is 0 Å². The first-order valence-electron chi connectivity index (χ1n) is 5.11. The van der Waals surface area contributed by atoms with E-state index in [1.165, 1.54) is 12.1 Å². The van der Waals surface area contributed by atoms with Gasteiger partial charge in [0.05, 0.1) is 15.7 Å². The smallest absolute Gasteiger partial charge is 0.296 e. The number of hydrogen-bond donors (Lipinski definition) is 1. The summed E-state index contributed by atoms with van der Waals surface area (Å²) in [7, 11) is -4.33. The van der Waals surface area contributed by atoms with Gasteiger partial charge in [0.15, 0.2) is 0 Å². The third-order valence-corrected chi connectivity index (χ3v) is 4.35. The minimum absolute atomic E-state index is 0.0150. The van der Waals surface area contributed by atoms with Gasteiger partial charge in [0, 0.05) is 13.1 Å². The second-order valence-corrected chi connectivity index (χ2v) is 6.11. The van der Waals surface area contributed by atoms with Gasteiger partial charge in [-0.3, -0.25) is 4.55 Å². The van der Waals surface area contributed by atoms with Crippen LogP contribution >= 0.6 is 23.2 Å². The van der Waals surface area contributed by atoms with Gasteiger partial charge in [-0.2, -0.15) is 8.42 Å². The Kier molecular flexibility index (Phi) is 3.54. The minimum Gasteiger partial charge on any atom is -0.370 e. The SMILES string of the molecule is O=S(=O)(O)c1cc(Cl)c(N2CCCC2)cc1Cl. The van der Waals surface area contributed by atoms with Gasteiger partial charge in [-0.25, -0.2) is 0 Å². The fraction of sp³-hybridized carbons (Fsp3) is 0.400. The number of nitrogens with zero attached hydrogens (tertiary/aromatic N) is 1. The van der Waals surface area contributed by atoms with E-state index in [9.17, 15) is 8.42 Å². The second kappa shape index (κ2) is 4.65. The molecule has 1 aromatic rings. The number of rotatable bonds is 2. The highest BCUT2D eigenvalue weighted by Crippen LogP contribution is 2.35. The van der Waals surface area contributed by atoms with Gasteiger partial charge in [0.2, 0.25) is 0 Å². The summed E-state index contributed by atoms with van der Waals surface area (Å²) in [6.07, 6.45) is 2.15. The first-order chi connectivity index (χ1) is 7.89. The van der Waals surface area contributed by atoms with Gasteiger partial charge in [-0.1, -0.05) is 23.2 Å². The van der Waals surface area contributed by atoms with Crippen molar-refractivity contribution in [3.63, 3.8) is 0 Å². The maximum absolute atomic E-state index is 11.0. The summed E-state index contributed by atoms with van der Waals surface area (Å²) in [6, 6.07) is 2.67. The van der Waals surface area contributed by atoms with Gasteiger partial charge in [-0.15, -0.1) is 0 Å². The molecule has 4 nitrogen and oxygen atoms in total. The third kappa shape index (κ3) is 2.68. The second-order valence-electron chi connectivity index (χ2n) is 3.90. The Bertz CT molecular complexity index is 539. The lowest BCUT2D eigenvalue weighted by molar-refractivity contribution is 0.483. The van der Waals surface area contributed by atoms with Crippen LogP contribution in [0.1, 0.15) is 12.8 Å². The van der Waals surface area contributed by atoms with E-state index in [4.69, 9.17) is 27.8 Å². The van der Waals surface area contributed by atoms with E-state index < -0.39 is 10.1 Å². The highest BCUT2D eigenvalue weighted by Gasteiger charge is 2.21. The average molecular weight is 296 g/mol. The number of benzene rings is 1. The highest BCUT2D eigenvalue weighted by molar-refractivity contribution is 7.86. The van der Waals surface area contributed by atoms with Gasteiger partial charge in [0.1, 0.15) is 4.90 Å². The molecule has 1 fully saturated rings. The molecule has 17 heavy (non-hydrogen) atoms. The van der Waals surface area contributed by atoms with Crippen molar-refractivity contribution in [2.45, 2.75) is 17.7 Å². The quantitative estimate of drug-likeness (QED) is 0.853. The summed E-state index contributed by atoms with van der Waals surface area (Å²) in [4.78, 5) is 1.69. The largest absolute Gasteiger partial charge is 0.370 e. The monoisotopic (exact) mass is 295 g/mol. The summed E-state index contributed by atoms with van der Waals surface area (Å²) in [5.41, 5.74) is 0.710. The first-order valence-corrected chi connectivity index (χ1v) is 7.30. The Balaban J connectivity index is 2.48. The van der Waals surface area contributed by atoms with Gasteiger partial charge < -0.3 is 4.90 Å². The standard InChI is InChI=1S/C10H11Cl2NO3S/c11-7-6-10(17(14,15)16)8(12)5-9(7)13-3-1-2-4-13/h5-6H,1-4H2,(H,14,15,16). The molecule has 1 aliphatic heterocycles. The molecule has 0 atom stereocenters. The molecule has 94 valence electrons. The Morgan fingerprint density at radius 2 is 1.71 bits per heavy atom. The zero-order chi connectivity index (χ0) is 12.6. The molecule has 1 aliphatic rings. The van der Waals surface area contributed by atoms with Crippen LogP contribution in [0.2, 0.25) is 10.0 Å². The lowest BCUT2D eigenvalue weighted by Gasteiger charge is -2.20. The molecule has 0 bridgehead atoms. The molecule has 7 heteroatoms. The molecule has 0 unspecified atom stereocenters. The molecule has 2 rings (SSSR count). The van der Waals surface area contributed by atoms with Crippen molar-refractivity contribution >= 4 is 39.0 Å². The van der Waals surface area contributed by atoms with Crippen molar-refractivity contribution < 1.29 is 13.0 Å². The fourth-order valence-electron chi connectivity index (χ4n) is 1.92. The molecular formula is C10H11Cl2NO3S. The molecule has 1 N–H and O–H groups in total. The molecule has 0 aliphatic carbocycles. The molecule has 0 amide bonds. The fourth-order valence-corrected chi connectivity index (χ4v) is 3.29. The average Bonchev–Trinajstić information content (AvgIpc) is 2.72. The van der Waals surface area contributed by atoms with E-state index in [0.717, 1.165) is 25.9 Å². The van der Waals surface area contributed by atoms with Crippen LogP contribution in [0, 0.1) is 0 Å². The van der Waals surface area contributed by atoms with E-state index >= 15 is 0 Å².